The fourth-order valence-electron chi connectivity index (χ4n) is 1.96. The molecule has 0 aliphatic carbocycles. The first-order valence-electron chi connectivity index (χ1n) is 7.22. The van der Waals surface area contributed by atoms with Gasteiger partial charge in [0.05, 0.1) is 0 Å². The molecule has 0 aliphatic heterocycles. The van der Waals surface area contributed by atoms with Crippen LogP contribution in [0.25, 0.3) is 0 Å². The largest absolute Gasteiger partial charge is 0.341 e. The molecule has 0 atom stereocenters. The molecule has 0 aliphatic rings. The van der Waals surface area contributed by atoms with Crippen molar-refractivity contribution >= 4 is 5.91 Å². The maximum atomic E-state index is 11.9. The zero-order valence-electron chi connectivity index (χ0n) is 12.2. The Morgan fingerprint density at radius 3 is 2.58 bits per heavy atom. The van der Waals surface area contributed by atoms with E-state index in [-0.39, 0.29) is 5.91 Å². The van der Waals surface area contributed by atoms with E-state index < -0.39 is 0 Å². The van der Waals surface area contributed by atoms with Crippen molar-refractivity contribution in [2.24, 2.45) is 0 Å². The number of amides is 1. The lowest BCUT2D eigenvalue weighted by molar-refractivity contribution is -0.130. The second kappa shape index (κ2) is 9.56. The van der Waals surface area contributed by atoms with Gasteiger partial charge >= 0.3 is 0 Å². The van der Waals surface area contributed by atoms with Crippen molar-refractivity contribution in [2.45, 2.75) is 39.2 Å². The van der Waals surface area contributed by atoms with Gasteiger partial charge in [-0.3, -0.25) is 4.79 Å². The Labute approximate surface area is 117 Å². The van der Waals surface area contributed by atoms with Gasteiger partial charge in [-0.05, 0) is 18.5 Å². The number of rotatable bonds is 9. The van der Waals surface area contributed by atoms with Gasteiger partial charge in [0, 0.05) is 26.6 Å². The van der Waals surface area contributed by atoms with Crippen LogP contribution < -0.4 is 5.32 Å². The first kappa shape index (κ1) is 15.7. The zero-order chi connectivity index (χ0) is 13.9. The van der Waals surface area contributed by atoms with Crippen molar-refractivity contribution in [3.63, 3.8) is 0 Å². The average molecular weight is 262 g/mol. The second-order valence-electron chi connectivity index (χ2n) is 4.94. The molecule has 1 N–H and O–H groups in total. The lowest BCUT2D eigenvalue weighted by Gasteiger charge is -2.17. The Morgan fingerprint density at radius 2 is 1.89 bits per heavy atom. The van der Waals surface area contributed by atoms with Crippen LogP contribution >= 0.6 is 0 Å². The number of unbranched alkanes of at least 4 members (excludes halogenated alkanes) is 2. The Bertz CT molecular complexity index is 351. The van der Waals surface area contributed by atoms with Gasteiger partial charge in [0.25, 0.3) is 0 Å². The van der Waals surface area contributed by atoms with Crippen LogP contribution in [0.4, 0.5) is 0 Å². The fraction of sp³-hybridized carbons (Fsp3) is 0.562. The van der Waals surface area contributed by atoms with E-state index in [2.05, 4.69) is 12.2 Å². The van der Waals surface area contributed by atoms with E-state index in [9.17, 15) is 4.79 Å². The van der Waals surface area contributed by atoms with Crippen molar-refractivity contribution in [1.29, 1.82) is 0 Å². The third kappa shape index (κ3) is 6.97. The maximum Gasteiger partial charge on any atom is 0.223 e. The quantitative estimate of drug-likeness (QED) is 0.694. The Kier molecular flexibility index (Phi) is 7.91. The van der Waals surface area contributed by atoms with Gasteiger partial charge in [0.15, 0.2) is 0 Å². The summed E-state index contributed by atoms with van der Waals surface area (Å²) in [6, 6.07) is 10.1. The SMILES string of the molecule is CCCCCNCCC(=O)N(C)Cc1ccccc1. The van der Waals surface area contributed by atoms with E-state index in [0.717, 1.165) is 13.1 Å². The lowest BCUT2D eigenvalue weighted by atomic mass is 10.2. The molecule has 1 rings (SSSR count). The predicted octanol–water partition coefficient (Wildman–Crippen LogP) is 2.81. The molecule has 0 unspecified atom stereocenters. The molecule has 3 nitrogen and oxygen atoms in total. The topological polar surface area (TPSA) is 32.3 Å². The van der Waals surface area contributed by atoms with Crippen molar-refractivity contribution in [1.82, 2.24) is 10.2 Å². The average Bonchev–Trinajstić information content (AvgIpc) is 2.43. The van der Waals surface area contributed by atoms with E-state index in [1.807, 2.05) is 37.4 Å². The van der Waals surface area contributed by atoms with Gasteiger partial charge < -0.3 is 10.2 Å². The van der Waals surface area contributed by atoms with Crippen LogP contribution in [0.5, 0.6) is 0 Å². The molecular formula is C16H26N2O. The summed E-state index contributed by atoms with van der Waals surface area (Å²) in [7, 11) is 1.87. The van der Waals surface area contributed by atoms with E-state index >= 15 is 0 Å². The summed E-state index contributed by atoms with van der Waals surface area (Å²) in [5.41, 5.74) is 1.18. The third-order valence-electron chi connectivity index (χ3n) is 3.16. The molecule has 0 radical (unpaired) electrons. The second-order valence-corrected chi connectivity index (χ2v) is 4.94. The monoisotopic (exact) mass is 262 g/mol. The molecule has 1 amide bonds. The number of hydrogen-bond donors (Lipinski definition) is 1. The van der Waals surface area contributed by atoms with Crippen molar-refractivity contribution in [2.75, 3.05) is 20.1 Å². The first-order valence-corrected chi connectivity index (χ1v) is 7.22. The highest BCUT2D eigenvalue weighted by atomic mass is 16.2. The first-order chi connectivity index (χ1) is 9.24. The summed E-state index contributed by atoms with van der Waals surface area (Å²) in [6.45, 7) is 4.68. The number of nitrogens with zero attached hydrogens (tertiary/aromatic N) is 1. The van der Waals surface area contributed by atoms with Crippen molar-refractivity contribution in [3.05, 3.63) is 35.9 Å². The van der Waals surface area contributed by atoms with Gasteiger partial charge in [-0.2, -0.15) is 0 Å². The van der Waals surface area contributed by atoms with Crippen molar-refractivity contribution < 1.29 is 4.79 Å². The normalized spacial score (nSPS) is 10.4. The minimum Gasteiger partial charge on any atom is -0.341 e. The lowest BCUT2D eigenvalue weighted by Crippen LogP contribution is -2.29. The van der Waals surface area contributed by atoms with E-state index in [4.69, 9.17) is 0 Å². The van der Waals surface area contributed by atoms with Crippen LogP contribution in [0.2, 0.25) is 0 Å². The molecule has 3 heteroatoms. The van der Waals surface area contributed by atoms with Crippen LogP contribution in [0, 0.1) is 0 Å². The van der Waals surface area contributed by atoms with Crippen LogP contribution in [-0.4, -0.2) is 30.9 Å². The molecule has 0 saturated carbocycles. The van der Waals surface area contributed by atoms with Crippen LogP contribution in [0.3, 0.4) is 0 Å². The molecule has 0 aromatic heterocycles. The summed E-state index contributed by atoms with van der Waals surface area (Å²) in [6.07, 6.45) is 4.27. The van der Waals surface area contributed by atoms with E-state index in [1.165, 1.54) is 24.8 Å². The predicted molar refractivity (Wildman–Crippen MR) is 79.9 cm³/mol. The summed E-state index contributed by atoms with van der Waals surface area (Å²) >= 11 is 0. The summed E-state index contributed by atoms with van der Waals surface area (Å²) in [5, 5.41) is 3.32. The molecule has 0 spiro atoms. The van der Waals surface area contributed by atoms with Crippen LogP contribution in [-0.2, 0) is 11.3 Å². The molecular weight excluding hydrogens is 236 g/mol. The Balaban J connectivity index is 2.15. The summed E-state index contributed by atoms with van der Waals surface area (Å²) < 4.78 is 0. The molecule has 0 saturated heterocycles. The zero-order valence-corrected chi connectivity index (χ0v) is 12.2. The van der Waals surface area contributed by atoms with E-state index in [0.29, 0.717) is 13.0 Å². The summed E-state index contributed by atoms with van der Waals surface area (Å²) in [5.74, 6) is 0.201. The van der Waals surface area contributed by atoms with Crippen LogP contribution in [0.15, 0.2) is 30.3 Å². The minimum absolute atomic E-state index is 0.201. The number of nitrogens with one attached hydrogen (secondary N) is 1. The van der Waals surface area contributed by atoms with Gasteiger partial charge in [-0.15, -0.1) is 0 Å². The Hall–Kier alpha value is -1.35. The number of carbonyl (C=O) groups is 1. The smallest absolute Gasteiger partial charge is 0.223 e. The highest BCUT2D eigenvalue weighted by Gasteiger charge is 2.08. The molecule has 0 heterocycles. The molecule has 1 aromatic rings. The van der Waals surface area contributed by atoms with Gasteiger partial charge in [-0.1, -0.05) is 50.1 Å². The van der Waals surface area contributed by atoms with Gasteiger partial charge in [-0.25, -0.2) is 0 Å². The number of carbonyl (C=O) groups excluding carboxylic acids is 1. The van der Waals surface area contributed by atoms with Crippen LogP contribution in [0.1, 0.15) is 38.2 Å². The molecule has 0 fully saturated rings. The highest BCUT2D eigenvalue weighted by Crippen LogP contribution is 2.03. The molecule has 0 bridgehead atoms. The van der Waals surface area contributed by atoms with E-state index in [1.54, 1.807) is 4.90 Å². The minimum atomic E-state index is 0.201. The maximum absolute atomic E-state index is 11.9. The molecule has 1 aromatic carbocycles. The molecule has 19 heavy (non-hydrogen) atoms. The third-order valence-corrected chi connectivity index (χ3v) is 3.16. The highest BCUT2D eigenvalue weighted by molar-refractivity contribution is 5.76. The van der Waals surface area contributed by atoms with Gasteiger partial charge in [0.2, 0.25) is 5.91 Å². The standard InChI is InChI=1S/C16H26N2O/c1-3-4-8-12-17-13-11-16(19)18(2)14-15-9-6-5-7-10-15/h5-7,9-10,17H,3-4,8,11-14H2,1-2H3. The Morgan fingerprint density at radius 1 is 1.16 bits per heavy atom. The fourth-order valence-corrected chi connectivity index (χ4v) is 1.96. The van der Waals surface area contributed by atoms with Gasteiger partial charge in [0.1, 0.15) is 0 Å². The summed E-state index contributed by atoms with van der Waals surface area (Å²) in [4.78, 5) is 13.7. The number of hydrogen-bond acceptors (Lipinski definition) is 2. The molecule has 106 valence electrons. The van der Waals surface area contributed by atoms with Crippen molar-refractivity contribution in [3.8, 4) is 0 Å². The number of benzene rings is 1.